The molecule has 0 radical (unpaired) electrons. The number of halogens is 3. The van der Waals surface area contributed by atoms with Crippen molar-refractivity contribution in [1.29, 1.82) is 0 Å². The third-order valence-corrected chi connectivity index (χ3v) is 7.12. The molecule has 4 rings (SSSR count). The number of alkyl halides is 1. The van der Waals surface area contributed by atoms with Crippen molar-refractivity contribution in [2.75, 3.05) is 25.0 Å². The predicted octanol–water partition coefficient (Wildman–Crippen LogP) is 3.49. The Bertz CT molecular complexity index is 1570. The summed E-state index contributed by atoms with van der Waals surface area (Å²) >= 11 is 12.7. The van der Waals surface area contributed by atoms with Gasteiger partial charge in [0.05, 0.1) is 28.7 Å². The number of hydrogen-bond acceptors (Lipinski definition) is 7. The van der Waals surface area contributed by atoms with Crippen LogP contribution in [-0.4, -0.2) is 72.6 Å². The molecule has 0 aromatic heterocycles. The Morgan fingerprint density at radius 1 is 0.977 bits per heavy atom. The Morgan fingerprint density at radius 3 is 2.32 bits per heavy atom. The molecular weight excluding hydrogens is 614 g/mol. The lowest BCUT2D eigenvalue weighted by Crippen LogP contribution is -2.52. The first kappa shape index (κ1) is 32.2. The Morgan fingerprint density at radius 2 is 1.68 bits per heavy atom. The van der Waals surface area contributed by atoms with Crippen LogP contribution in [0.1, 0.15) is 27.6 Å². The fraction of sp³-hybridized carbons (Fsp3) is 0.233. The molecule has 3 atom stereocenters. The minimum absolute atomic E-state index is 0.0222. The normalized spacial score (nSPS) is 15.5. The summed E-state index contributed by atoms with van der Waals surface area (Å²) in [6.07, 6.45) is -1.07. The molecule has 0 spiro atoms. The van der Waals surface area contributed by atoms with E-state index in [0.29, 0.717) is 17.2 Å². The van der Waals surface area contributed by atoms with Gasteiger partial charge in [-0.15, -0.1) is 0 Å². The summed E-state index contributed by atoms with van der Waals surface area (Å²) in [5, 5.41) is 22.8. The number of nitrogens with zero attached hydrogens (tertiary/aromatic N) is 1. The molecule has 3 aromatic carbocycles. The van der Waals surface area contributed by atoms with E-state index in [4.69, 9.17) is 23.2 Å². The molecule has 1 aliphatic heterocycles. The van der Waals surface area contributed by atoms with E-state index in [9.17, 15) is 28.7 Å². The van der Waals surface area contributed by atoms with Crippen molar-refractivity contribution in [1.82, 2.24) is 21.3 Å². The number of anilines is 1. The zero-order valence-electron chi connectivity index (χ0n) is 23.4. The first-order valence-electron chi connectivity index (χ1n) is 13.5. The van der Waals surface area contributed by atoms with Crippen LogP contribution in [0.4, 0.5) is 10.1 Å². The summed E-state index contributed by atoms with van der Waals surface area (Å²) < 4.78 is 13.3. The summed E-state index contributed by atoms with van der Waals surface area (Å²) in [7, 11) is 0. The molecular formula is C30H29Cl2FN6O5. The van der Waals surface area contributed by atoms with Crippen molar-refractivity contribution in [2.45, 2.75) is 25.2 Å². The fourth-order valence-corrected chi connectivity index (χ4v) is 4.85. The lowest BCUT2D eigenvalue weighted by Gasteiger charge is -2.20. The van der Waals surface area contributed by atoms with Crippen LogP contribution in [0, 0.1) is 0 Å². The SMILES string of the molecule is C[C@H](NC(=O)c1cccc(NC2=NCC(F)CN2)c1)C(=O)NC[C@@H](NC(=O)c1c(Cl)cc(-c2ccccc2)cc1Cl)C(=O)O. The van der Waals surface area contributed by atoms with E-state index in [1.807, 2.05) is 30.3 Å². The molecule has 11 nitrogen and oxygen atoms in total. The first-order valence-corrected chi connectivity index (χ1v) is 14.2. The summed E-state index contributed by atoms with van der Waals surface area (Å²) in [5.74, 6) is -3.12. The zero-order valence-corrected chi connectivity index (χ0v) is 24.9. The van der Waals surface area contributed by atoms with Crippen LogP contribution in [0.3, 0.4) is 0 Å². The number of guanidine groups is 1. The zero-order chi connectivity index (χ0) is 31.8. The Kier molecular flexibility index (Phi) is 10.7. The van der Waals surface area contributed by atoms with Gasteiger partial charge in [-0.1, -0.05) is 59.6 Å². The van der Waals surface area contributed by atoms with Crippen molar-refractivity contribution in [3.8, 4) is 11.1 Å². The average Bonchev–Trinajstić information content (AvgIpc) is 3.00. The van der Waals surface area contributed by atoms with Gasteiger partial charge in [0.1, 0.15) is 18.3 Å². The van der Waals surface area contributed by atoms with Gasteiger partial charge in [0, 0.05) is 17.8 Å². The lowest BCUT2D eigenvalue weighted by atomic mass is 10.0. The van der Waals surface area contributed by atoms with Crippen molar-refractivity contribution in [3.05, 3.63) is 87.9 Å². The lowest BCUT2D eigenvalue weighted by molar-refractivity contribution is -0.139. The second-order valence-corrected chi connectivity index (χ2v) is 10.7. The van der Waals surface area contributed by atoms with E-state index in [1.165, 1.54) is 19.1 Å². The molecule has 0 aliphatic carbocycles. The second kappa shape index (κ2) is 14.7. The first-order chi connectivity index (χ1) is 21.0. The quantitative estimate of drug-likeness (QED) is 0.197. The minimum Gasteiger partial charge on any atom is -0.480 e. The number of aliphatic carboxylic acids is 1. The average molecular weight is 644 g/mol. The molecule has 230 valence electrons. The van der Waals surface area contributed by atoms with E-state index in [0.717, 1.165) is 5.56 Å². The maximum atomic E-state index is 13.3. The number of carboxylic acid groups (broad SMARTS) is 1. The number of benzene rings is 3. The van der Waals surface area contributed by atoms with Gasteiger partial charge in [-0.05, 0) is 48.4 Å². The summed E-state index contributed by atoms with van der Waals surface area (Å²) in [6.45, 7) is 1.09. The van der Waals surface area contributed by atoms with Gasteiger partial charge in [-0.2, -0.15) is 0 Å². The Hall–Kier alpha value is -4.68. The Balaban J connectivity index is 1.33. The number of carbonyl (C=O) groups is 4. The third-order valence-electron chi connectivity index (χ3n) is 6.53. The molecule has 1 heterocycles. The van der Waals surface area contributed by atoms with Crippen LogP contribution in [-0.2, 0) is 9.59 Å². The van der Waals surface area contributed by atoms with Gasteiger partial charge in [-0.25, -0.2) is 14.2 Å². The predicted molar refractivity (Wildman–Crippen MR) is 166 cm³/mol. The Labute approximate surface area is 262 Å². The number of rotatable bonds is 10. The smallest absolute Gasteiger partial charge is 0.328 e. The number of hydrogen-bond donors (Lipinski definition) is 6. The number of carbonyl (C=O) groups excluding carboxylic acids is 3. The maximum Gasteiger partial charge on any atom is 0.328 e. The number of nitrogens with one attached hydrogen (secondary N) is 5. The second-order valence-electron chi connectivity index (χ2n) is 9.86. The molecule has 0 bridgehead atoms. The van der Waals surface area contributed by atoms with Gasteiger partial charge in [-0.3, -0.25) is 14.4 Å². The number of aliphatic imine (C=N–C) groups is 1. The number of carboxylic acids is 1. The van der Waals surface area contributed by atoms with E-state index in [2.05, 4.69) is 31.6 Å². The highest BCUT2D eigenvalue weighted by Crippen LogP contribution is 2.31. The van der Waals surface area contributed by atoms with Crippen molar-refractivity contribution < 1.29 is 28.7 Å². The van der Waals surface area contributed by atoms with E-state index in [-0.39, 0.29) is 34.3 Å². The standard InChI is InChI=1S/C30H29Cl2FN6O5/c1-16(37-27(41)18-8-5-9-21(10-18)38-30-35-13-20(33)14-36-30)26(40)34-15-24(29(43)44)39-28(42)25-22(31)11-19(12-23(25)32)17-6-3-2-4-7-17/h2-12,16,20,24H,13-15H2,1H3,(H,34,40)(H,37,41)(H,39,42)(H,43,44)(H2,35,36,38)/t16-,24+/m0/s1. The molecule has 14 heteroatoms. The molecule has 6 N–H and O–H groups in total. The minimum atomic E-state index is -1.53. The summed E-state index contributed by atoms with van der Waals surface area (Å²) in [5.41, 5.74) is 2.14. The van der Waals surface area contributed by atoms with Crippen molar-refractivity contribution >= 4 is 58.5 Å². The summed E-state index contributed by atoms with van der Waals surface area (Å²) in [6, 6.07) is 16.1. The van der Waals surface area contributed by atoms with E-state index in [1.54, 1.807) is 24.3 Å². The van der Waals surface area contributed by atoms with Crippen molar-refractivity contribution in [2.24, 2.45) is 4.99 Å². The molecule has 3 aromatic rings. The fourth-order valence-electron chi connectivity index (χ4n) is 4.20. The highest BCUT2D eigenvalue weighted by Gasteiger charge is 2.26. The molecule has 0 saturated heterocycles. The molecule has 1 unspecified atom stereocenters. The van der Waals surface area contributed by atoms with Crippen LogP contribution in [0.5, 0.6) is 0 Å². The number of amides is 3. The van der Waals surface area contributed by atoms with Crippen LogP contribution in [0.25, 0.3) is 11.1 Å². The third kappa shape index (κ3) is 8.45. The van der Waals surface area contributed by atoms with Crippen LogP contribution < -0.4 is 26.6 Å². The van der Waals surface area contributed by atoms with Gasteiger partial charge < -0.3 is 31.7 Å². The van der Waals surface area contributed by atoms with Gasteiger partial charge in [0.15, 0.2) is 5.96 Å². The van der Waals surface area contributed by atoms with Gasteiger partial charge in [0.2, 0.25) is 5.91 Å². The van der Waals surface area contributed by atoms with Crippen LogP contribution >= 0.6 is 23.2 Å². The highest BCUT2D eigenvalue weighted by atomic mass is 35.5. The highest BCUT2D eigenvalue weighted by molar-refractivity contribution is 6.40. The maximum absolute atomic E-state index is 13.3. The molecule has 1 aliphatic rings. The van der Waals surface area contributed by atoms with Gasteiger partial charge >= 0.3 is 5.97 Å². The molecule has 3 amide bonds. The van der Waals surface area contributed by atoms with E-state index >= 15 is 0 Å². The molecule has 44 heavy (non-hydrogen) atoms. The molecule has 0 saturated carbocycles. The van der Waals surface area contributed by atoms with E-state index < -0.39 is 48.5 Å². The summed E-state index contributed by atoms with van der Waals surface area (Å²) in [4.78, 5) is 54.3. The van der Waals surface area contributed by atoms with Crippen LogP contribution in [0.15, 0.2) is 71.7 Å². The van der Waals surface area contributed by atoms with Crippen molar-refractivity contribution in [3.63, 3.8) is 0 Å². The monoisotopic (exact) mass is 642 g/mol. The largest absolute Gasteiger partial charge is 0.480 e. The van der Waals surface area contributed by atoms with Gasteiger partial charge in [0.25, 0.3) is 11.8 Å². The van der Waals surface area contributed by atoms with Crippen LogP contribution in [0.2, 0.25) is 10.0 Å². The topological polar surface area (TPSA) is 161 Å². The molecule has 0 fully saturated rings.